The summed E-state index contributed by atoms with van der Waals surface area (Å²) in [5.74, 6) is 0.546. The Morgan fingerprint density at radius 3 is 2.73 bits per heavy atom. The van der Waals surface area contributed by atoms with E-state index < -0.39 is 0 Å². The average Bonchev–Trinajstić information content (AvgIpc) is 2.64. The van der Waals surface area contributed by atoms with E-state index in [1.54, 1.807) is 24.3 Å². The number of carbonyl (C=O) groups excluding carboxylic acids is 1. The molecule has 2 atom stereocenters. The van der Waals surface area contributed by atoms with E-state index in [9.17, 15) is 9.18 Å². The molecule has 1 aliphatic rings. The molecular weight excluding hydrogens is 353 g/mol. The fraction of sp³-hybridized carbons (Fsp3) is 0.381. The number of ether oxygens (including phenoxy) is 1. The van der Waals surface area contributed by atoms with Crippen LogP contribution in [0.4, 0.5) is 4.39 Å². The maximum Gasteiger partial charge on any atom is 0.137 e. The van der Waals surface area contributed by atoms with E-state index >= 15 is 0 Å². The first-order chi connectivity index (χ1) is 12.6. The molecule has 138 valence electrons. The number of hydrogen-bond acceptors (Lipinski definition) is 3. The Morgan fingerprint density at radius 2 is 2.04 bits per heavy atom. The third-order valence-corrected chi connectivity index (χ3v) is 5.27. The Labute approximate surface area is 158 Å². The van der Waals surface area contributed by atoms with Crippen LogP contribution >= 0.6 is 11.6 Å². The number of halogens is 2. The van der Waals surface area contributed by atoms with Crippen molar-refractivity contribution in [1.82, 2.24) is 5.32 Å². The summed E-state index contributed by atoms with van der Waals surface area (Å²) in [6, 6.07) is 12.3. The summed E-state index contributed by atoms with van der Waals surface area (Å²) in [4.78, 5) is 12.6. The molecule has 3 rings (SSSR count). The first-order valence-electron chi connectivity index (χ1n) is 8.87. The smallest absolute Gasteiger partial charge is 0.137 e. The second-order valence-electron chi connectivity index (χ2n) is 6.79. The number of hydrogen-bond donors (Lipinski definition) is 1. The lowest BCUT2D eigenvalue weighted by molar-refractivity contribution is -0.119. The number of methoxy groups -OCH3 is 1. The van der Waals surface area contributed by atoms with E-state index in [2.05, 4.69) is 5.32 Å². The van der Waals surface area contributed by atoms with Crippen molar-refractivity contribution in [3.8, 4) is 5.75 Å². The van der Waals surface area contributed by atoms with Crippen molar-refractivity contribution >= 4 is 17.4 Å². The van der Waals surface area contributed by atoms with Crippen LogP contribution in [-0.4, -0.2) is 26.0 Å². The number of carbonyl (C=O) groups is 1. The molecule has 0 spiro atoms. The highest BCUT2D eigenvalue weighted by atomic mass is 35.5. The van der Waals surface area contributed by atoms with Crippen LogP contribution in [0.15, 0.2) is 42.5 Å². The summed E-state index contributed by atoms with van der Waals surface area (Å²) < 4.78 is 19.6. The predicted molar refractivity (Wildman–Crippen MR) is 101 cm³/mol. The van der Waals surface area contributed by atoms with Crippen molar-refractivity contribution in [1.29, 1.82) is 0 Å². The quantitative estimate of drug-likeness (QED) is 0.814. The fourth-order valence-corrected chi connectivity index (χ4v) is 3.80. The minimum atomic E-state index is -0.258. The third kappa shape index (κ3) is 4.63. The Kier molecular flexibility index (Phi) is 6.28. The SMILES string of the molecule is COc1ccc(C2CCNCC2CC(=O)Cc2ccc(Cl)cc2)c(F)c1. The van der Waals surface area contributed by atoms with Crippen LogP contribution in [0, 0.1) is 11.7 Å². The zero-order valence-corrected chi connectivity index (χ0v) is 15.6. The van der Waals surface area contributed by atoms with E-state index in [-0.39, 0.29) is 23.4 Å². The van der Waals surface area contributed by atoms with Crippen molar-refractivity contribution in [3.05, 3.63) is 64.4 Å². The van der Waals surface area contributed by atoms with E-state index in [1.807, 2.05) is 12.1 Å². The van der Waals surface area contributed by atoms with Crippen LogP contribution in [0.3, 0.4) is 0 Å². The maximum absolute atomic E-state index is 14.5. The molecule has 26 heavy (non-hydrogen) atoms. The average molecular weight is 376 g/mol. The van der Waals surface area contributed by atoms with Gasteiger partial charge in [-0.3, -0.25) is 4.79 Å². The predicted octanol–water partition coefficient (Wildman–Crippen LogP) is 4.38. The van der Waals surface area contributed by atoms with Crippen LogP contribution in [-0.2, 0) is 11.2 Å². The van der Waals surface area contributed by atoms with Gasteiger partial charge in [0.05, 0.1) is 7.11 Å². The summed E-state index contributed by atoms with van der Waals surface area (Å²) in [6.45, 7) is 1.56. The standard InChI is InChI=1S/C21H23ClFNO2/c1-26-18-6-7-20(21(23)12-18)19-8-9-24-13-15(19)11-17(25)10-14-2-4-16(22)5-3-14/h2-7,12,15,19,24H,8-11,13H2,1H3. The fourth-order valence-electron chi connectivity index (χ4n) is 3.68. The summed E-state index contributed by atoms with van der Waals surface area (Å²) in [6.07, 6.45) is 1.64. The van der Waals surface area contributed by atoms with Gasteiger partial charge in [-0.2, -0.15) is 0 Å². The summed E-state index contributed by atoms with van der Waals surface area (Å²) >= 11 is 5.89. The summed E-state index contributed by atoms with van der Waals surface area (Å²) in [5, 5.41) is 4.00. The molecule has 0 aliphatic carbocycles. The molecule has 1 heterocycles. The lowest BCUT2D eigenvalue weighted by Crippen LogP contribution is -2.37. The highest BCUT2D eigenvalue weighted by Gasteiger charge is 2.30. The second-order valence-corrected chi connectivity index (χ2v) is 7.23. The van der Waals surface area contributed by atoms with Crippen molar-refractivity contribution in [2.75, 3.05) is 20.2 Å². The van der Waals surface area contributed by atoms with E-state index in [0.29, 0.717) is 29.2 Å². The molecule has 0 radical (unpaired) electrons. The molecule has 2 unspecified atom stereocenters. The zero-order chi connectivity index (χ0) is 18.5. The van der Waals surface area contributed by atoms with Crippen molar-refractivity contribution < 1.29 is 13.9 Å². The minimum Gasteiger partial charge on any atom is -0.497 e. The van der Waals surface area contributed by atoms with Crippen LogP contribution in [0.25, 0.3) is 0 Å². The van der Waals surface area contributed by atoms with Crippen LogP contribution in [0.1, 0.15) is 29.9 Å². The molecule has 0 bridgehead atoms. The number of rotatable bonds is 6. The molecular formula is C21H23ClFNO2. The molecule has 1 aliphatic heterocycles. The van der Waals surface area contributed by atoms with Crippen LogP contribution in [0.5, 0.6) is 5.75 Å². The second kappa shape index (κ2) is 8.65. The normalized spacial score (nSPS) is 20.0. The van der Waals surface area contributed by atoms with Gasteiger partial charge in [-0.25, -0.2) is 4.39 Å². The lowest BCUT2D eigenvalue weighted by atomic mass is 9.78. The summed E-state index contributed by atoms with van der Waals surface area (Å²) in [7, 11) is 1.53. The van der Waals surface area contributed by atoms with Gasteiger partial charge in [0.1, 0.15) is 17.3 Å². The van der Waals surface area contributed by atoms with Crippen molar-refractivity contribution in [3.63, 3.8) is 0 Å². The van der Waals surface area contributed by atoms with Gasteiger partial charge in [0.25, 0.3) is 0 Å². The first kappa shape index (κ1) is 18.9. The first-order valence-corrected chi connectivity index (χ1v) is 9.25. The van der Waals surface area contributed by atoms with Gasteiger partial charge < -0.3 is 10.1 Å². The number of Topliss-reactive ketones (excluding diaryl/α,β-unsaturated/α-hetero) is 1. The number of piperidine rings is 1. The zero-order valence-electron chi connectivity index (χ0n) is 14.8. The highest BCUT2D eigenvalue weighted by molar-refractivity contribution is 6.30. The molecule has 1 fully saturated rings. The van der Waals surface area contributed by atoms with Gasteiger partial charge in [0.2, 0.25) is 0 Å². The van der Waals surface area contributed by atoms with E-state index in [0.717, 1.165) is 25.1 Å². The monoisotopic (exact) mass is 375 g/mol. The molecule has 1 N–H and O–H groups in total. The van der Waals surface area contributed by atoms with Gasteiger partial charge in [0, 0.05) is 23.9 Å². The number of benzene rings is 2. The molecule has 2 aromatic rings. The highest BCUT2D eigenvalue weighted by Crippen LogP contribution is 2.35. The number of nitrogens with one attached hydrogen (secondary N) is 1. The molecule has 0 amide bonds. The van der Waals surface area contributed by atoms with Gasteiger partial charge in [-0.05, 0) is 60.7 Å². The van der Waals surface area contributed by atoms with Gasteiger partial charge in [-0.1, -0.05) is 29.8 Å². The van der Waals surface area contributed by atoms with E-state index in [1.165, 1.54) is 13.2 Å². The lowest BCUT2D eigenvalue weighted by Gasteiger charge is -2.32. The Morgan fingerprint density at radius 1 is 1.27 bits per heavy atom. The summed E-state index contributed by atoms with van der Waals surface area (Å²) in [5.41, 5.74) is 1.63. The molecule has 2 aromatic carbocycles. The molecule has 1 saturated heterocycles. The van der Waals surface area contributed by atoms with Crippen LogP contribution in [0.2, 0.25) is 5.02 Å². The number of ketones is 1. The largest absolute Gasteiger partial charge is 0.497 e. The Balaban J connectivity index is 1.70. The molecule has 5 heteroatoms. The third-order valence-electron chi connectivity index (χ3n) is 5.02. The molecule has 3 nitrogen and oxygen atoms in total. The topological polar surface area (TPSA) is 38.3 Å². The maximum atomic E-state index is 14.5. The van der Waals surface area contributed by atoms with Crippen LogP contribution < -0.4 is 10.1 Å². The van der Waals surface area contributed by atoms with Gasteiger partial charge >= 0.3 is 0 Å². The minimum absolute atomic E-state index is 0.0383. The Bertz CT molecular complexity index is 763. The molecule has 0 aromatic heterocycles. The van der Waals surface area contributed by atoms with Gasteiger partial charge in [-0.15, -0.1) is 0 Å². The van der Waals surface area contributed by atoms with Crippen molar-refractivity contribution in [2.45, 2.75) is 25.2 Å². The Hall–Kier alpha value is -1.91. The van der Waals surface area contributed by atoms with E-state index in [4.69, 9.17) is 16.3 Å². The van der Waals surface area contributed by atoms with Gasteiger partial charge in [0.15, 0.2) is 0 Å². The molecule has 0 saturated carbocycles. The van der Waals surface area contributed by atoms with Crippen molar-refractivity contribution in [2.24, 2.45) is 5.92 Å².